The monoisotopic (exact) mass is 845 g/mol. The summed E-state index contributed by atoms with van der Waals surface area (Å²) in [6.07, 6.45) is 1.43. The Hall–Kier alpha value is -6.57. The van der Waals surface area contributed by atoms with Gasteiger partial charge in [-0.15, -0.1) is 6.07 Å². The van der Waals surface area contributed by atoms with Crippen molar-refractivity contribution in [3.05, 3.63) is 184 Å². The van der Waals surface area contributed by atoms with E-state index in [-0.39, 0.29) is 11.4 Å². The van der Waals surface area contributed by atoms with Gasteiger partial charge in [0, 0.05) is 18.2 Å². The predicted molar refractivity (Wildman–Crippen MR) is 179 cm³/mol. The molecule has 1 atom stereocenters. The second-order valence-corrected chi connectivity index (χ2v) is 11.7. The average molecular weight is 845 g/mol. The molecule has 0 aliphatic carbocycles. The van der Waals surface area contributed by atoms with Crippen LogP contribution in [0.1, 0.15) is 11.1 Å². The number of quaternary nitrogens is 1. The Kier molecular flexibility index (Phi) is 13.2. The van der Waals surface area contributed by atoms with Crippen molar-refractivity contribution in [2.45, 2.75) is 6.92 Å². The molecule has 0 spiro atoms. The molecule has 0 aliphatic rings. The van der Waals surface area contributed by atoms with E-state index in [2.05, 4.69) is 6.58 Å². The standard InChI is InChI=1S/C33H18BF10NO3.C6F5/c1-3-17-11-14-21(20(15-17)45(18-7-5-4-6-8-18)19-12-9-16(2)10-13-19)46-34(47-32-28(41)24(37)22(35)25(38)29(32)42)48-33-30(43)26(39)23(36)27(40)31(33)44;7-2-1-3(8)5(10)6(11)4(2)9/h3-15H,1H2,2H3;/q;-1/p+1. The zero-order valence-corrected chi connectivity index (χ0v) is 29.2. The van der Waals surface area contributed by atoms with Gasteiger partial charge >= 0.3 is 7.32 Å². The van der Waals surface area contributed by atoms with Crippen LogP contribution in [-0.2, 0) is 0 Å². The Morgan fingerprint density at radius 2 is 0.898 bits per heavy atom. The van der Waals surface area contributed by atoms with Crippen LogP contribution in [-0.4, -0.2) is 7.32 Å². The molecule has 6 rings (SSSR count). The first-order chi connectivity index (χ1) is 27.9. The van der Waals surface area contributed by atoms with Crippen LogP contribution in [0, 0.1) is 100 Å². The molecule has 0 radical (unpaired) electrons. The van der Waals surface area contributed by atoms with Gasteiger partial charge in [-0.2, -0.15) is 17.6 Å². The van der Waals surface area contributed by atoms with Gasteiger partial charge in [-0.1, -0.05) is 54.6 Å². The molecule has 0 saturated heterocycles. The molecule has 0 aliphatic heterocycles. The van der Waals surface area contributed by atoms with E-state index in [1.807, 2.05) is 6.92 Å². The van der Waals surface area contributed by atoms with E-state index >= 15 is 0 Å². The maximum Gasteiger partial charge on any atom is 0.864 e. The number of benzene rings is 6. The topological polar surface area (TPSA) is 32.1 Å². The minimum Gasteiger partial charge on any atom is -0.484 e. The second kappa shape index (κ2) is 17.9. The van der Waals surface area contributed by atoms with Crippen LogP contribution in [0.15, 0.2) is 79.4 Å². The molecule has 0 saturated carbocycles. The molecule has 59 heavy (non-hydrogen) atoms. The fraction of sp³-hybridized carbons (Fsp3) is 0.0256. The summed E-state index contributed by atoms with van der Waals surface area (Å²) >= 11 is 0. The van der Waals surface area contributed by atoms with Gasteiger partial charge in [0.15, 0.2) is 22.9 Å². The molecule has 0 fully saturated rings. The third-order valence-electron chi connectivity index (χ3n) is 7.89. The Morgan fingerprint density at radius 1 is 0.492 bits per heavy atom. The minimum atomic E-state index is -2.95. The number of nitrogens with one attached hydrogen (secondary N) is 1. The minimum absolute atomic E-state index is 0.134. The maximum atomic E-state index is 14.7. The van der Waals surface area contributed by atoms with Crippen LogP contribution in [0.2, 0.25) is 0 Å². The van der Waals surface area contributed by atoms with Crippen molar-refractivity contribution >= 4 is 30.5 Å². The van der Waals surface area contributed by atoms with Gasteiger partial charge in [0.2, 0.25) is 58.2 Å². The van der Waals surface area contributed by atoms with Gasteiger partial charge in [0.25, 0.3) is 0 Å². The molecule has 0 amide bonds. The molecule has 0 bridgehead atoms. The highest BCUT2D eigenvalue weighted by atomic mass is 19.2. The summed E-state index contributed by atoms with van der Waals surface area (Å²) in [5, 5.41) is 0. The fourth-order valence-corrected chi connectivity index (χ4v) is 5.02. The van der Waals surface area contributed by atoms with Crippen LogP contribution in [0.4, 0.5) is 82.9 Å². The van der Waals surface area contributed by atoms with Gasteiger partial charge in [-0.25, -0.2) is 44.4 Å². The summed E-state index contributed by atoms with van der Waals surface area (Å²) in [6, 6.07) is 20.7. The highest BCUT2D eigenvalue weighted by Crippen LogP contribution is 2.35. The lowest BCUT2D eigenvalue weighted by molar-refractivity contribution is -0.681. The average Bonchev–Trinajstić information content (AvgIpc) is 3.24. The molecule has 0 heterocycles. The SMILES string of the molecule is C=Cc1ccc(OB(Oc2c(F)c(F)c(F)c(F)c2F)Oc2c(F)c(F)c(F)c(F)c2F)c([NH+](c2ccccc2)c2ccc(C)cc2)c1.Fc1[c-]c(F)c(F)c(F)c1F. The Morgan fingerprint density at radius 3 is 1.34 bits per heavy atom. The van der Waals surface area contributed by atoms with Crippen LogP contribution in [0.3, 0.4) is 0 Å². The summed E-state index contributed by atoms with van der Waals surface area (Å²) in [6.45, 7) is 5.54. The normalized spacial score (nSPS) is 11.4. The third kappa shape index (κ3) is 8.96. The largest absolute Gasteiger partial charge is 0.864 e. The molecule has 6 aromatic carbocycles. The molecular weight excluding hydrogens is 826 g/mol. The summed E-state index contributed by atoms with van der Waals surface area (Å²) in [7, 11) is -2.95. The molecule has 1 N–H and O–H groups in total. The van der Waals surface area contributed by atoms with Gasteiger partial charge in [0.1, 0.15) is 11.4 Å². The first kappa shape index (κ1) is 43.6. The van der Waals surface area contributed by atoms with Gasteiger partial charge < -0.3 is 14.0 Å². The number of hydrogen-bond donors (Lipinski definition) is 1. The molecule has 4 nitrogen and oxygen atoms in total. The first-order valence-corrected chi connectivity index (χ1v) is 16.1. The maximum absolute atomic E-state index is 14.7. The Bertz CT molecular complexity index is 2390. The molecule has 6 aromatic rings. The second-order valence-electron chi connectivity index (χ2n) is 11.7. The van der Waals surface area contributed by atoms with E-state index in [1.165, 1.54) is 24.3 Å². The van der Waals surface area contributed by atoms with Crippen molar-refractivity contribution in [3.8, 4) is 17.2 Å². The third-order valence-corrected chi connectivity index (χ3v) is 7.89. The Balaban J connectivity index is 0.000000520. The van der Waals surface area contributed by atoms with Crippen molar-refractivity contribution in [1.29, 1.82) is 0 Å². The van der Waals surface area contributed by atoms with Crippen molar-refractivity contribution in [3.63, 3.8) is 0 Å². The van der Waals surface area contributed by atoms with Crippen LogP contribution in [0.5, 0.6) is 17.2 Å². The lowest BCUT2D eigenvalue weighted by Gasteiger charge is -2.23. The van der Waals surface area contributed by atoms with E-state index in [1.54, 1.807) is 54.6 Å². The van der Waals surface area contributed by atoms with Crippen molar-refractivity contribution < 1.29 is 84.7 Å². The van der Waals surface area contributed by atoms with Crippen molar-refractivity contribution in [2.75, 3.05) is 0 Å². The molecule has 1 unspecified atom stereocenters. The predicted octanol–water partition coefficient (Wildman–Crippen LogP) is 10.9. The van der Waals surface area contributed by atoms with Gasteiger partial charge in [-0.3, -0.25) is 8.78 Å². The highest BCUT2D eigenvalue weighted by molar-refractivity contribution is 6.39. The molecule has 20 heteroatoms. The molecule has 306 valence electrons. The van der Waals surface area contributed by atoms with Gasteiger partial charge in [-0.05, 0) is 30.7 Å². The summed E-state index contributed by atoms with van der Waals surface area (Å²) < 4.78 is 217. The lowest BCUT2D eigenvalue weighted by Crippen LogP contribution is -2.96. The van der Waals surface area contributed by atoms with Crippen LogP contribution in [0.25, 0.3) is 6.08 Å². The highest BCUT2D eigenvalue weighted by Gasteiger charge is 2.41. The van der Waals surface area contributed by atoms with E-state index in [0.29, 0.717) is 21.8 Å². The number of aryl methyl sites for hydroxylation is 1. The zero-order valence-electron chi connectivity index (χ0n) is 29.2. The zero-order chi connectivity index (χ0) is 43.5. The number of halogens is 15. The van der Waals surface area contributed by atoms with E-state index in [0.717, 1.165) is 11.6 Å². The lowest BCUT2D eigenvalue weighted by atomic mass is 10.1. The number of hydrogen-bond acceptors (Lipinski definition) is 3. The van der Waals surface area contributed by atoms with E-state index in [4.69, 9.17) is 14.0 Å². The number of rotatable bonds is 10. The van der Waals surface area contributed by atoms with Gasteiger partial charge in [0.05, 0.1) is 29.1 Å². The quantitative estimate of drug-likeness (QED) is 0.0490. The fourth-order valence-electron chi connectivity index (χ4n) is 5.02. The van der Waals surface area contributed by atoms with E-state index < -0.39 is 106 Å². The van der Waals surface area contributed by atoms with Crippen molar-refractivity contribution in [2.24, 2.45) is 0 Å². The smallest absolute Gasteiger partial charge is 0.484 e. The first-order valence-electron chi connectivity index (χ1n) is 16.1. The number of para-hydroxylation sites is 1. The summed E-state index contributed by atoms with van der Waals surface area (Å²) in [4.78, 5) is 0.417. The van der Waals surface area contributed by atoms with Crippen LogP contribution < -0.4 is 18.9 Å². The summed E-state index contributed by atoms with van der Waals surface area (Å²) in [5.74, 6) is -39.8. The molecule has 0 aromatic heterocycles. The van der Waals surface area contributed by atoms with E-state index in [9.17, 15) is 65.9 Å². The van der Waals surface area contributed by atoms with Crippen molar-refractivity contribution in [1.82, 2.24) is 0 Å². The Labute approximate surface area is 323 Å². The molecular formula is C39H19BF15NO3. The summed E-state index contributed by atoms with van der Waals surface area (Å²) in [5.41, 5.74) is 2.61. The van der Waals surface area contributed by atoms with Crippen LogP contribution >= 0.6 is 0 Å².